The molecule has 3 nitrogen and oxygen atoms in total. The van der Waals surface area contributed by atoms with Gasteiger partial charge in [-0.1, -0.05) is 46.3 Å². The molecule has 2 N–H and O–H groups in total. The van der Waals surface area contributed by atoms with E-state index >= 15 is 0 Å². The van der Waals surface area contributed by atoms with E-state index in [2.05, 4.69) is 21.2 Å². The van der Waals surface area contributed by atoms with Crippen molar-refractivity contribution < 1.29 is 9.84 Å². The normalized spacial score (nSPS) is 12.2. The number of hydrogen-bond donors (Lipinski definition) is 2. The number of benzene rings is 2. The highest BCUT2D eigenvalue weighted by Crippen LogP contribution is 2.24. The van der Waals surface area contributed by atoms with E-state index in [-0.39, 0.29) is 6.61 Å². The predicted octanol–water partition coefficient (Wildman–Crippen LogP) is 3.28. The molecule has 0 aromatic heterocycles. The molecule has 4 heteroatoms. The van der Waals surface area contributed by atoms with Gasteiger partial charge in [0.1, 0.15) is 18.5 Å². The third-order valence-corrected chi connectivity index (χ3v) is 3.46. The van der Waals surface area contributed by atoms with Crippen LogP contribution >= 0.6 is 15.9 Å². The first-order valence-electron chi connectivity index (χ1n) is 6.49. The molecule has 0 saturated carbocycles. The highest BCUT2D eigenvalue weighted by atomic mass is 79.9. The molecule has 106 valence electrons. The number of halogens is 1. The molecule has 0 aliphatic heterocycles. The molecule has 0 aliphatic carbocycles. The third-order valence-electron chi connectivity index (χ3n) is 2.97. The number of aliphatic hydroxyl groups excluding tert-OH is 1. The topological polar surface area (TPSA) is 41.5 Å². The van der Waals surface area contributed by atoms with E-state index in [1.54, 1.807) is 0 Å². The summed E-state index contributed by atoms with van der Waals surface area (Å²) in [6, 6.07) is 15.4. The van der Waals surface area contributed by atoms with Crippen LogP contribution < -0.4 is 10.1 Å². The average Bonchev–Trinajstić information content (AvgIpc) is 2.47. The number of aliphatic hydroxyl groups is 1. The number of nitrogens with one attached hydrogen (secondary N) is 1. The van der Waals surface area contributed by atoms with Gasteiger partial charge in [-0.3, -0.25) is 0 Å². The molecular weight excluding hydrogens is 318 g/mol. The molecular formula is C16H18BrNO2. The second kappa shape index (κ2) is 7.43. The Balaban J connectivity index is 2.03. The summed E-state index contributed by atoms with van der Waals surface area (Å²) < 4.78 is 6.76. The molecule has 0 radical (unpaired) electrons. The quantitative estimate of drug-likeness (QED) is 0.851. The molecule has 1 atom stereocenters. The van der Waals surface area contributed by atoms with Crippen molar-refractivity contribution in [2.75, 3.05) is 13.7 Å². The molecule has 0 bridgehead atoms. The molecule has 1 unspecified atom stereocenters. The Hall–Kier alpha value is -1.36. The highest BCUT2D eigenvalue weighted by molar-refractivity contribution is 9.10. The lowest BCUT2D eigenvalue weighted by Crippen LogP contribution is -2.12. The minimum atomic E-state index is -0.623. The van der Waals surface area contributed by atoms with Crippen LogP contribution in [0.5, 0.6) is 5.75 Å². The number of ether oxygens (including phenoxy) is 1. The van der Waals surface area contributed by atoms with Gasteiger partial charge in [-0.15, -0.1) is 0 Å². The van der Waals surface area contributed by atoms with E-state index in [4.69, 9.17) is 4.74 Å². The number of rotatable bonds is 6. The van der Waals surface area contributed by atoms with Crippen molar-refractivity contribution in [3.63, 3.8) is 0 Å². The van der Waals surface area contributed by atoms with Crippen molar-refractivity contribution in [2.24, 2.45) is 0 Å². The Morgan fingerprint density at radius 2 is 1.95 bits per heavy atom. The zero-order chi connectivity index (χ0) is 14.4. The summed E-state index contributed by atoms with van der Waals surface area (Å²) in [7, 11) is 1.89. The van der Waals surface area contributed by atoms with Crippen molar-refractivity contribution in [1.29, 1.82) is 0 Å². The maximum Gasteiger partial charge on any atom is 0.124 e. The SMILES string of the molecule is CNCc1cc(Br)ccc1OCC(O)c1ccccc1. The van der Waals surface area contributed by atoms with Crippen molar-refractivity contribution >= 4 is 15.9 Å². The fourth-order valence-corrected chi connectivity index (χ4v) is 2.37. The summed E-state index contributed by atoms with van der Waals surface area (Å²) in [6.07, 6.45) is -0.623. The van der Waals surface area contributed by atoms with E-state index in [0.717, 1.165) is 27.9 Å². The maximum atomic E-state index is 10.1. The van der Waals surface area contributed by atoms with Gasteiger partial charge in [0.15, 0.2) is 0 Å². The van der Waals surface area contributed by atoms with Crippen molar-refractivity contribution in [2.45, 2.75) is 12.6 Å². The molecule has 0 saturated heterocycles. The van der Waals surface area contributed by atoms with Gasteiger partial charge in [0.05, 0.1) is 0 Å². The molecule has 0 heterocycles. The lowest BCUT2D eigenvalue weighted by Gasteiger charge is -2.15. The lowest BCUT2D eigenvalue weighted by atomic mass is 10.1. The van der Waals surface area contributed by atoms with Gasteiger partial charge in [-0.05, 0) is 30.8 Å². The van der Waals surface area contributed by atoms with Crippen LogP contribution in [0.1, 0.15) is 17.2 Å². The first-order valence-corrected chi connectivity index (χ1v) is 7.29. The minimum absolute atomic E-state index is 0.238. The molecule has 0 amide bonds. The van der Waals surface area contributed by atoms with Crippen molar-refractivity contribution in [1.82, 2.24) is 5.32 Å². The standard InChI is InChI=1S/C16H18BrNO2/c1-18-10-13-9-14(17)7-8-16(13)20-11-15(19)12-5-3-2-4-6-12/h2-9,15,18-19H,10-11H2,1H3. The molecule has 20 heavy (non-hydrogen) atoms. The zero-order valence-electron chi connectivity index (χ0n) is 11.3. The van der Waals surface area contributed by atoms with Crippen LogP contribution in [0.15, 0.2) is 53.0 Å². The first-order chi connectivity index (χ1) is 9.70. The van der Waals surface area contributed by atoms with Crippen LogP contribution in [0.3, 0.4) is 0 Å². The Labute approximate surface area is 127 Å². The third kappa shape index (κ3) is 4.07. The first kappa shape index (κ1) is 15.0. The smallest absolute Gasteiger partial charge is 0.124 e. The molecule has 2 aromatic rings. The second-order valence-electron chi connectivity index (χ2n) is 4.52. The summed E-state index contributed by atoms with van der Waals surface area (Å²) in [5.74, 6) is 0.789. The van der Waals surface area contributed by atoms with Crippen LogP contribution in [0.25, 0.3) is 0 Å². The van der Waals surface area contributed by atoms with Crippen LogP contribution in [-0.2, 0) is 6.54 Å². The van der Waals surface area contributed by atoms with E-state index in [1.165, 1.54) is 0 Å². The Kier molecular flexibility index (Phi) is 5.59. The highest BCUT2D eigenvalue weighted by Gasteiger charge is 2.10. The van der Waals surface area contributed by atoms with Crippen LogP contribution in [0, 0.1) is 0 Å². The van der Waals surface area contributed by atoms with Crippen molar-refractivity contribution in [3.8, 4) is 5.75 Å². The van der Waals surface area contributed by atoms with E-state index in [9.17, 15) is 5.11 Å². The molecule has 0 spiro atoms. The minimum Gasteiger partial charge on any atom is -0.490 e. The largest absolute Gasteiger partial charge is 0.490 e. The van der Waals surface area contributed by atoms with E-state index in [0.29, 0.717) is 0 Å². The predicted molar refractivity (Wildman–Crippen MR) is 83.8 cm³/mol. The van der Waals surface area contributed by atoms with Gasteiger partial charge in [0.25, 0.3) is 0 Å². The summed E-state index contributed by atoms with van der Waals surface area (Å²) >= 11 is 3.45. The molecule has 0 aliphatic rings. The summed E-state index contributed by atoms with van der Waals surface area (Å²) in [6.45, 7) is 0.957. The van der Waals surface area contributed by atoms with Gasteiger partial charge in [-0.25, -0.2) is 0 Å². The van der Waals surface area contributed by atoms with Crippen LogP contribution in [0.2, 0.25) is 0 Å². The Morgan fingerprint density at radius 1 is 1.20 bits per heavy atom. The van der Waals surface area contributed by atoms with Gasteiger partial charge < -0.3 is 15.2 Å². The van der Waals surface area contributed by atoms with Crippen LogP contribution in [-0.4, -0.2) is 18.8 Å². The molecule has 2 aromatic carbocycles. The summed E-state index contributed by atoms with van der Waals surface area (Å²) in [5, 5.41) is 13.2. The maximum absolute atomic E-state index is 10.1. The van der Waals surface area contributed by atoms with E-state index in [1.807, 2.05) is 55.6 Å². The average molecular weight is 336 g/mol. The van der Waals surface area contributed by atoms with Gasteiger partial charge in [0, 0.05) is 16.6 Å². The van der Waals surface area contributed by atoms with Gasteiger partial charge in [0.2, 0.25) is 0 Å². The Morgan fingerprint density at radius 3 is 2.65 bits per heavy atom. The Bertz CT molecular complexity index is 545. The second-order valence-corrected chi connectivity index (χ2v) is 5.44. The molecule has 2 rings (SSSR count). The summed E-state index contributed by atoms with van der Waals surface area (Å²) in [4.78, 5) is 0. The fourth-order valence-electron chi connectivity index (χ4n) is 1.96. The summed E-state index contributed by atoms with van der Waals surface area (Å²) in [5.41, 5.74) is 1.92. The lowest BCUT2D eigenvalue weighted by molar-refractivity contribution is 0.107. The van der Waals surface area contributed by atoms with Gasteiger partial charge >= 0.3 is 0 Å². The molecule has 0 fully saturated rings. The zero-order valence-corrected chi connectivity index (χ0v) is 12.9. The van der Waals surface area contributed by atoms with Crippen LogP contribution in [0.4, 0.5) is 0 Å². The number of hydrogen-bond acceptors (Lipinski definition) is 3. The monoisotopic (exact) mass is 335 g/mol. The fraction of sp³-hybridized carbons (Fsp3) is 0.250. The van der Waals surface area contributed by atoms with E-state index < -0.39 is 6.10 Å². The van der Waals surface area contributed by atoms with Gasteiger partial charge in [-0.2, -0.15) is 0 Å². The van der Waals surface area contributed by atoms with Crippen molar-refractivity contribution in [3.05, 3.63) is 64.1 Å².